The summed E-state index contributed by atoms with van der Waals surface area (Å²) in [6.45, 7) is 4.63. The van der Waals surface area contributed by atoms with Gasteiger partial charge in [0.15, 0.2) is 0 Å². The number of nitro groups is 1. The van der Waals surface area contributed by atoms with Gasteiger partial charge in [-0.2, -0.15) is 5.11 Å². The number of nitrogens with zero attached hydrogens (tertiary/aromatic N) is 3. The average Bonchev–Trinajstić information content (AvgIpc) is 2.57. The molecular formula is C16H18N4O4. The number of nitrogen functional groups attached to an aromatic ring is 1. The molecule has 0 amide bonds. The molecule has 2 rings (SSSR count). The van der Waals surface area contributed by atoms with Crippen molar-refractivity contribution in [3.63, 3.8) is 0 Å². The van der Waals surface area contributed by atoms with Crippen molar-refractivity contribution in [1.82, 2.24) is 0 Å². The molecule has 0 atom stereocenters. The molecule has 0 unspecified atom stereocenters. The van der Waals surface area contributed by atoms with Crippen LogP contribution in [0.5, 0.6) is 11.5 Å². The molecule has 0 aromatic heterocycles. The quantitative estimate of drug-likeness (QED) is 0.350. The molecule has 8 nitrogen and oxygen atoms in total. The molecular weight excluding hydrogens is 312 g/mol. The normalized spacial score (nSPS) is 10.8. The highest BCUT2D eigenvalue weighted by Gasteiger charge is 2.10. The fourth-order valence-corrected chi connectivity index (χ4v) is 1.95. The molecule has 8 heteroatoms. The third-order valence-corrected chi connectivity index (χ3v) is 3.02. The second kappa shape index (κ2) is 7.91. The van der Waals surface area contributed by atoms with E-state index in [1.54, 1.807) is 12.1 Å². The van der Waals surface area contributed by atoms with E-state index in [9.17, 15) is 10.1 Å². The van der Waals surface area contributed by atoms with Crippen LogP contribution in [0.4, 0.5) is 22.7 Å². The number of azo groups is 1. The number of hydrogen-bond acceptors (Lipinski definition) is 7. The van der Waals surface area contributed by atoms with Crippen molar-refractivity contribution in [2.24, 2.45) is 10.2 Å². The maximum absolute atomic E-state index is 10.6. The molecule has 0 fully saturated rings. The standard InChI is InChI=1S/C16H18N4O4/c1-3-23-15-10-14(16(24-4-2)9-13(15)17)19-18-11-5-7-12(8-6-11)20(21)22/h5-10H,3-4,17H2,1-2H3. The summed E-state index contributed by atoms with van der Waals surface area (Å²) in [6, 6.07) is 9.06. The summed E-state index contributed by atoms with van der Waals surface area (Å²) in [6.07, 6.45) is 0. The lowest BCUT2D eigenvalue weighted by molar-refractivity contribution is -0.384. The van der Waals surface area contributed by atoms with Gasteiger partial charge in [0.1, 0.15) is 17.2 Å². The van der Waals surface area contributed by atoms with E-state index in [1.165, 1.54) is 24.3 Å². The number of anilines is 1. The zero-order valence-electron chi connectivity index (χ0n) is 13.4. The summed E-state index contributed by atoms with van der Waals surface area (Å²) >= 11 is 0. The third kappa shape index (κ3) is 4.19. The zero-order valence-corrected chi connectivity index (χ0v) is 13.4. The van der Waals surface area contributed by atoms with Crippen molar-refractivity contribution < 1.29 is 14.4 Å². The van der Waals surface area contributed by atoms with Gasteiger partial charge in [-0.25, -0.2) is 0 Å². The Hall–Kier alpha value is -3.16. The molecule has 126 valence electrons. The van der Waals surface area contributed by atoms with Crippen molar-refractivity contribution in [3.8, 4) is 11.5 Å². The van der Waals surface area contributed by atoms with Crippen LogP contribution in [0, 0.1) is 10.1 Å². The van der Waals surface area contributed by atoms with E-state index in [4.69, 9.17) is 15.2 Å². The number of rotatable bonds is 7. The lowest BCUT2D eigenvalue weighted by atomic mass is 10.2. The smallest absolute Gasteiger partial charge is 0.269 e. The highest BCUT2D eigenvalue weighted by Crippen LogP contribution is 2.37. The number of benzene rings is 2. The van der Waals surface area contributed by atoms with Gasteiger partial charge in [-0.05, 0) is 26.0 Å². The van der Waals surface area contributed by atoms with Crippen molar-refractivity contribution in [1.29, 1.82) is 0 Å². The molecule has 0 aliphatic carbocycles. The Morgan fingerprint density at radius 2 is 1.67 bits per heavy atom. The molecule has 0 saturated carbocycles. The first-order chi connectivity index (χ1) is 11.5. The summed E-state index contributed by atoms with van der Waals surface area (Å²) in [5, 5.41) is 18.9. The van der Waals surface area contributed by atoms with E-state index in [-0.39, 0.29) is 5.69 Å². The Kier molecular flexibility index (Phi) is 5.67. The summed E-state index contributed by atoms with van der Waals surface area (Å²) in [4.78, 5) is 10.2. The summed E-state index contributed by atoms with van der Waals surface area (Å²) in [5.74, 6) is 0.989. The molecule has 0 radical (unpaired) electrons. The molecule has 0 aliphatic heterocycles. The van der Waals surface area contributed by atoms with Crippen LogP contribution in [0.1, 0.15) is 13.8 Å². The minimum Gasteiger partial charge on any atom is -0.492 e. The van der Waals surface area contributed by atoms with Crippen LogP contribution in [0.25, 0.3) is 0 Å². The molecule has 0 saturated heterocycles. The summed E-state index contributed by atoms with van der Waals surface area (Å²) < 4.78 is 11.0. The summed E-state index contributed by atoms with van der Waals surface area (Å²) in [5.41, 5.74) is 7.32. The van der Waals surface area contributed by atoms with Crippen molar-refractivity contribution >= 4 is 22.7 Å². The first-order valence-corrected chi connectivity index (χ1v) is 7.40. The van der Waals surface area contributed by atoms with Gasteiger partial charge in [-0.15, -0.1) is 5.11 Å². The third-order valence-electron chi connectivity index (χ3n) is 3.02. The molecule has 24 heavy (non-hydrogen) atoms. The highest BCUT2D eigenvalue weighted by atomic mass is 16.6. The Balaban J connectivity index is 2.31. The van der Waals surface area contributed by atoms with Crippen molar-refractivity contribution in [2.75, 3.05) is 18.9 Å². The van der Waals surface area contributed by atoms with Crippen LogP contribution >= 0.6 is 0 Å². The Labute approximate surface area is 139 Å². The molecule has 2 aromatic carbocycles. The molecule has 0 spiro atoms. The van der Waals surface area contributed by atoms with Crippen LogP contribution in [0.3, 0.4) is 0 Å². The number of nitro benzene ring substituents is 1. The van der Waals surface area contributed by atoms with Gasteiger partial charge in [0.2, 0.25) is 0 Å². The molecule has 2 aromatic rings. The van der Waals surface area contributed by atoms with Crippen LogP contribution < -0.4 is 15.2 Å². The SMILES string of the molecule is CCOc1cc(N=Nc2ccc([N+](=O)[O-])cc2)c(OCC)cc1N. The van der Waals surface area contributed by atoms with Gasteiger partial charge in [0, 0.05) is 24.3 Å². The Morgan fingerprint density at radius 3 is 2.25 bits per heavy atom. The van der Waals surface area contributed by atoms with Gasteiger partial charge >= 0.3 is 0 Å². The molecule has 2 N–H and O–H groups in total. The van der Waals surface area contributed by atoms with E-state index in [0.29, 0.717) is 41.8 Å². The fraction of sp³-hybridized carbons (Fsp3) is 0.250. The number of nitrogens with two attached hydrogens (primary N) is 1. The van der Waals surface area contributed by atoms with Gasteiger partial charge in [-0.3, -0.25) is 10.1 Å². The topological polar surface area (TPSA) is 112 Å². The largest absolute Gasteiger partial charge is 0.492 e. The predicted octanol–water partition coefficient (Wildman–Crippen LogP) is 4.39. The van der Waals surface area contributed by atoms with E-state index >= 15 is 0 Å². The Bertz CT molecular complexity index is 744. The summed E-state index contributed by atoms with van der Waals surface area (Å²) in [7, 11) is 0. The first-order valence-electron chi connectivity index (χ1n) is 7.40. The van der Waals surface area contributed by atoms with Crippen LogP contribution in [-0.4, -0.2) is 18.1 Å². The average molecular weight is 330 g/mol. The Morgan fingerprint density at radius 1 is 1.04 bits per heavy atom. The monoisotopic (exact) mass is 330 g/mol. The van der Waals surface area contributed by atoms with Gasteiger partial charge in [-0.1, -0.05) is 0 Å². The van der Waals surface area contributed by atoms with Gasteiger partial charge in [0.25, 0.3) is 5.69 Å². The second-order valence-electron chi connectivity index (χ2n) is 4.70. The van der Waals surface area contributed by atoms with Crippen LogP contribution in [0.15, 0.2) is 46.6 Å². The second-order valence-corrected chi connectivity index (χ2v) is 4.70. The minimum absolute atomic E-state index is 0.00456. The van der Waals surface area contributed by atoms with E-state index in [1.807, 2.05) is 13.8 Å². The van der Waals surface area contributed by atoms with Crippen LogP contribution in [-0.2, 0) is 0 Å². The molecule has 0 heterocycles. The lowest BCUT2D eigenvalue weighted by Gasteiger charge is -2.11. The molecule has 0 aliphatic rings. The predicted molar refractivity (Wildman–Crippen MR) is 90.5 cm³/mol. The zero-order chi connectivity index (χ0) is 17.5. The van der Waals surface area contributed by atoms with Crippen molar-refractivity contribution in [2.45, 2.75) is 13.8 Å². The first kappa shape index (κ1) is 17.2. The van der Waals surface area contributed by atoms with E-state index in [0.717, 1.165) is 0 Å². The van der Waals surface area contributed by atoms with E-state index < -0.39 is 4.92 Å². The number of non-ortho nitro benzene ring substituents is 1. The van der Waals surface area contributed by atoms with E-state index in [2.05, 4.69) is 10.2 Å². The number of ether oxygens (including phenoxy) is 2. The minimum atomic E-state index is -0.470. The number of hydrogen-bond donors (Lipinski definition) is 1. The van der Waals surface area contributed by atoms with Crippen LogP contribution in [0.2, 0.25) is 0 Å². The van der Waals surface area contributed by atoms with Gasteiger partial charge < -0.3 is 15.2 Å². The fourth-order valence-electron chi connectivity index (χ4n) is 1.95. The molecule has 0 bridgehead atoms. The van der Waals surface area contributed by atoms with Crippen molar-refractivity contribution in [3.05, 3.63) is 46.5 Å². The maximum Gasteiger partial charge on any atom is 0.269 e. The lowest BCUT2D eigenvalue weighted by Crippen LogP contribution is -1.99. The highest BCUT2D eigenvalue weighted by molar-refractivity contribution is 5.67. The van der Waals surface area contributed by atoms with Gasteiger partial charge in [0.05, 0.1) is 29.5 Å². The maximum atomic E-state index is 10.6.